The molecule has 2 aliphatic rings. The van der Waals surface area contributed by atoms with Gasteiger partial charge < -0.3 is 28.7 Å². The molecule has 0 saturated carbocycles. The van der Waals surface area contributed by atoms with Crippen molar-refractivity contribution in [1.29, 1.82) is 0 Å². The maximum absolute atomic E-state index is 13.8. The van der Waals surface area contributed by atoms with E-state index in [0.29, 0.717) is 6.61 Å². The number of H-pyrrole nitrogens is 1. The van der Waals surface area contributed by atoms with Crippen LogP contribution in [0.15, 0.2) is 12.1 Å². The molecule has 38 heavy (non-hydrogen) atoms. The molecular formula is C26H30N2O9S. The molecule has 0 amide bonds. The van der Waals surface area contributed by atoms with Crippen LogP contribution in [-0.2, 0) is 29.5 Å². The lowest BCUT2D eigenvalue weighted by atomic mass is 9.84. The highest BCUT2D eigenvalue weighted by Gasteiger charge is 2.54. The molecule has 2 aromatic rings. The van der Waals surface area contributed by atoms with Gasteiger partial charge in [-0.1, -0.05) is 12.8 Å². The van der Waals surface area contributed by atoms with E-state index in [1.165, 1.54) is 26.4 Å². The summed E-state index contributed by atoms with van der Waals surface area (Å²) in [4.78, 5) is 59.1. The second-order valence-corrected chi connectivity index (χ2v) is 9.74. The fraction of sp³-hybridized carbons (Fsp3) is 0.500. The molecule has 204 valence electrons. The fourth-order valence-corrected chi connectivity index (χ4v) is 5.02. The number of methoxy groups -OCH3 is 2. The minimum Gasteiger partial charge on any atom is -0.465 e. The second-order valence-electron chi connectivity index (χ2n) is 8.76. The number of carbonyl (C=O) groups excluding carboxylic acids is 4. The van der Waals surface area contributed by atoms with Crippen LogP contribution >= 0.6 is 11.8 Å². The quantitative estimate of drug-likeness (QED) is 0.238. The number of fused-ring (bicyclic) bond motifs is 4. The van der Waals surface area contributed by atoms with Crippen molar-refractivity contribution in [2.75, 3.05) is 52.7 Å². The Hall–Kier alpha value is -3.06. The third kappa shape index (κ3) is 5.26. The number of aromatic nitrogens is 2. The van der Waals surface area contributed by atoms with Crippen molar-refractivity contribution in [3.63, 3.8) is 0 Å². The Balaban J connectivity index is 1.67. The SMILES string of the molecule is COC(=O)c1cc2c([nH]1)-c1c(C(=O)OC)cc(C(=O)COCCCCCCSC)nc1C(=O)C21OCCO1. The maximum Gasteiger partial charge on any atom is 0.354 e. The zero-order valence-corrected chi connectivity index (χ0v) is 22.4. The van der Waals surface area contributed by atoms with Gasteiger partial charge in [0.15, 0.2) is 0 Å². The van der Waals surface area contributed by atoms with E-state index in [2.05, 4.69) is 16.2 Å². The molecule has 1 aliphatic carbocycles. The van der Waals surface area contributed by atoms with Gasteiger partial charge in [-0.15, -0.1) is 0 Å². The number of ketones is 2. The second kappa shape index (κ2) is 12.2. The molecule has 0 aromatic carbocycles. The van der Waals surface area contributed by atoms with Gasteiger partial charge in [0.05, 0.1) is 38.7 Å². The lowest BCUT2D eigenvalue weighted by molar-refractivity contribution is -0.126. The van der Waals surface area contributed by atoms with Crippen LogP contribution in [0, 0.1) is 0 Å². The standard InChI is InChI=1S/C26H30N2O9S/c1-33-24(31)15-12-17(19(29)14-35-8-6-4-5-7-11-38-3)27-22-20(15)21-16(13-18(28-21)25(32)34-2)26(23(22)30)36-9-10-37-26/h12-13,28H,4-11,14H2,1-3H3. The van der Waals surface area contributed by atoms with Gasteiger partial charge in [-0.2, -0.15) is 11.8 Å². The molecule has 11 nitrogen and oxygen atoms in total. The van der Waals surface area contributed by atoms with E-state index in [4.69, 9.17) is 23.7 Å². The molecule has 3 heterocycles. The minimum absolute atomic E-state index is 0.0226. The molecule has 1 N–H and O–H groups in total. The van der Waals surface area contributed by atoms with Gasteiger partial charge in [0.2, 0.25) is 11.6 Å². The predicted octanol–water partition coefficient (Wildman–Crippen LogP) is 3.17. The summed E-state index contributed by atoms with van der Waals surface area (Å²) in [6.45, 7) is 0.384. The van der Waals surface area contributed by atoms with Crippen molar-refractivity contribution in [1.82, 2.24) is 9.97 Å². The van der Waals surface area contributed by atoms with Crippen LogP contribution in [0.25, 0.3) is 11.3 Å². The molecule has 1 fully saturated rings. The number of thioether (sulfide) groups is 1. The molecule has 0 radical (unpaired) electrons. The summed E-state index contributed by atoms with van der Waals surface area (Å²) in [5.41, 5.74) is 0.113. The topological polar surface area (TPSA) is 143 Å². The fourth-order valence-electron chi connectivity index (χ4n) is 4.53. The molecular weight excluding hydrogens is 516 g/mol. The Bertz CT molecular complexity index is 1230. The van der Waals surface area contributed by atoms with Gasteiger partial charge in [-0.3, -0.25) is 9.59 Å². The molecule has 0 bridgehead atoms. The van der Waals surface area contributed by atoms with Crippen LogP contribution in [0.2, 0.25) is 0 Å². The van der Waals surface area contributed by atoms with Crippen LogP contribution in [0.4, 0.5) is 0 Å². The summed E-state index contributed by atoms with van der Waals surface area (Å²) < 4.78 is 26.8. The normalized spacial score (nSPS) is 15.3. The van der Waals surface area contributed by atoms with Crippen molar-refractivity contribution in [3.05, 3.63) is 40.3 Å². The number of unbranched alkanes of at least 4 members (excludes halogenated alkanes) is 3. The molecule has 1 spiro atoms. The van der Waals surface area contributed by atoms with E-state index in [-0.39, 0.29) is 59.3 Å². The first-order chi connectivity index (χ1) is 18.4. The van der Waals surface area contributed by atoms with E-state index in [9.17, 15) is 19.2 Å². The third-order valence-electron chi connectivity index (χ3n) is 6.37. The summed E-state index contributed by atoms with van der Waals surface area (Å²) in [6, 6.07) is 2.66. The molecule has 1 saturated heterocycles. The summed E-state index contributed by atoms with van der Waals surface area (Å²) in [5.74, 6) is -3.43. The average molecular weight is 547 g/mol. The van der Waals surface area contributed by atoms with Crippen molar-refractivity contribution in [2.45, 2.75) is 31.5 Å². The molecule has 0 atom stereocenters. The number of Topliss-reactive ketones (excluding diaryl/α,β-unsaturated/α-hetero) is 2. The number of rotatable bonds is 12. The van der Waals surface area contributed by atoms with Crippen molar-refractivity contribution in [3.8, 4) is 11.3 Å². The largest absolute Gasteiger partial charge is 0.465 e. The molecule has 1 aliphatic heterocycles. The summed E-state index contributed by atoms with van der Waals surface area (Å²) in [5, 5.41) is 0. The first-order valence-electron chi connectivity index (χ1n) is 12.3. The van der Waals surface area contributed by atoms with Gasteiger partial charge in [0.25, 0.3) is 5.79 Å². The van der Waals surface area contributed by atoms with E-state index in [0.717, 1.165) is 31.4 Å². The van der Waals surface area contributed by atoms with Crippen LogP contribution in [0.3, 0.4) is 0 Å². The van der Waals surface area contributed by atoms with Crippen molar-refractivity contribution >= 4 is 35.3 Å². The average Bonchev–Trinajstić information content (AvgIpc) is 3.60. The highest BCUT2D eigenvalue weighted by Crippen LogP contribution is 2.47. The summed E-state index contributed by atoms with van der Waals surface area (Å²) in [7, 11) is 2.40. The molecule has 0 unspecified atom stereocenters. The number of nitrogens with one attached hydrogen (secondary N) is 1. The van der Waals surface area contributed by atoms with Crippen LogP contribution in [0.1, 0.15) is 73.1 Å². The lowest BCUT2D eigenvalue weighted by Crippen LogP contribution is -2.41. The number of aromatic amines is 1. The number of hydrogen-bond donors (Lipinski definition) is 1. The van der Waals surface area contributed by atoms with Gasteiger partial charge in [0.1, 0.15) is 23.7 Å². The van der Waals surface area contributed by atoms with Gasteiger partial charge >= 0.3 is 11.9 Å². The third-order valence-corrected chi connectivity index (χ3v) is 7.06. The van der Waals surface area contributed by atoms with Crippen molar-refractivity contribution < 1.29 is 42.9 Å². The van der Waals surface area contributed by atoms with Gasteiger partial charge in [-0.05, 0) is 37.0 Å². The molecule has 12 heteroatoms. The van der Waals surface area contributed by atoms with Crippen molar-refractivity contribution in [2.24, 2.45) is 0 Å². The van der Waals surface area contributed by atoms with E-state index in [1.807, 2.05) is 11.8 Å². The molecule has 2 aromatic heterocycles. The van der Waals surface area contributed by atoms with Gasteiger partial charge in [0, 0.05) is 17.7 Å². The number of hydrogen-bond acceptors (Lipinski definition) is 11. The predicted molar refractivity (Wildman–Crippen MR) is 137 cm³/mol. The zero-order chi connectivity index (χ0) is 27.3. The summed E-state index contributed by atoms with van der Waals surface area (Å²) in [6.07, 6.45) is 6.13. The smallest absolute Gasteiger partial charge is 0.354 e. The monoisotopic (exact) mass is 546 g/mol. The summed E-state index contributed by atoms with van der Waals surface area (Å²) >= 11 is 1.81. The number of nitrogens with zero attached hydrogens (tertiary/aromatic N) is 1. The number of carbonyl (C=O) groups is 4. The zero-order valence-electron chi connectivity index (χ0n) is 21.5. The maximum atomic E-state index is 13.8. The minimum atomic E-state index is -1.88. The highest BCUT2D eigenvalue weighted by molar-refractivity contribution is 7.98. The van der Waals surface area contributed by atoms with Crippen LogP contribution < -0.4 is 0 Å². The Kier molecular flexibility index (Phi) is 8.98. The molecule has 4 rings (SSSR count). The number of esters is 2. The van der Waals surface area contributed by atoms with Gasteiger partial charge in [-0.25, -0.2) is 14.6 Å². The first-order valence-corrected chi connectivity index (χ1v) is 13.7. The first kappa shape index (κ1) is 28.0. The Morgan fingerprint density at radius 2 is 1.76 bits per heavy atom. The van der Waals surface area contributed by atoms with E-state index < -0.39 is 29.3 Å². The van der Waals surface area contributed by atoms with E-state index in [1.54, 1.807) is 0 Å². The number of ether oxygens (including phenoxy) is 5. The Morgan fingerprint density at radius 1 is 1.05 bits per heavy atom. The van der Waals surface area contributed by atoms with Crippen LogP contribution in [-0.4, -0.2) is 86.1 Å². The van der Waals surface area contributed by atoms with E-state index >= 15 is 0 Å². The highest BCUT2D eigenvalue weighted by atomic mass is 32.2. The number of pyridine rings is 1. The Labute approximate surface area is 223 Å². The van der Waals surface area contributed by atoms with Crippen LogP contribution in [0.5, 0.6) is 0 Å². The lowest BCUT2D eigenvalue weighted by Gasteiger charge is -2.31. The Morgan fingerprint density at radius 3 is 2.45 bits per heavy atom.